The van der Waals surface area contributed by atoms with Gasteiger partial charge in [-0.2, -0.15) is 0 Å². The first kappa shape index (κ1) is 18.8. The van der Waals surface area contributed by atoms with E-state index in [-0.39, 0.29) is 11.7 Å². The SMILES string of the molecule is O=C(CSc1nnnn1C1CCCC1)Nc1c(-c2ccccc2)nc2ccccn12. The smallest absolute Gasteiger partial charge is 0.236 e. The number of carbonyl (C=O) groups is 1. The second-order valence-electron chi connectivity index (χ2n) is 7.29. The number of fused-ring (bicyclic) bond motifs is 1. The number of rotatable bonds is 6. The van der Waals surface area contributed by atoms with Gasteiger partial charge < -0.3 is 5.32 Å². The predicted octanol–water partition coefficient (Wildman–Crippen LogP) is 3.83. The van der Waals surface area contributed by atoms with Crippen molar-refractivity contribution in [1.82, 2.24) is 29.6 Å². The van der Waals surface area contributed by atoms with Crippen LogP contribution >= 0.6 is 11.8 Å². The van der Waals surface area contributed by atoms with E-state index in [4.69, 9.17) is 4.98 Å². The number of aromatic nitrogens is 6. The van der Waals surface area contributed by atoms with Gasteiger partial charge in [-0.05, 0) is 35.4 Å². The Morgan fingerprint density at radius 1 is 1.10 bits per heavy atom. The largest absolute Gasteiger partial charge is 0.309 e. The number of benzene rings is 1. The van der Waals surface area contributed by atoms with Gasteiger partial charge in [-0.25, -0.2) is 9.67 Å². The zero-order chi connectivity index (χ0) is 20.3. The lowest BCUT2D eigenvalue weighted by molar-refractivity contribution is -0.113. The predicted molar refractivity (Wildman–Crippen MR) is 115 cm³/mol. The molecule has 0 radical (unpaired) electrons. The number of amides is 1. The van der Waals surface area contributed by atoms with Crippen LogP contribution in [0.25, 0.3) is 16.9 Å². The van der Waals surface area contributed by atoms with Gasteiger partial charge in [0.25, 0.3) is 0 Å². The maximum atomic E-state index is 12.8. The van der Waals surface area contributed by atoms with Gasteiger partial charge in [0.2, 0.25) is 11.1 Å². The third-order valence-electron chi connectivity index (χ3n) is 5.30. The molecule has 1 aromatic carbocycles. The third-order valence-corrected chi connectivity index (χ3v) is 6.23. The molecule has 1 aliphatic rings. The van der Waals surface area contributed by atoms with Crippen LogP contribution in [-0.2, 0) is 4.79 Å². The van der Waals surface area contributed by atoms with Crippen LogP contribution < -0.4 is 5.32 Å². The van der Waals surface area contributed by atoms with Crippen LogP contribution in [0, 0.1) is 0 Å². The first-order chi connectivity index (χ1) is 14.8. The molecule has 0 unspecified atom stereocenters. The van der Waals surface area contributed by atoms with Gasteiger partial charge >= 0.3 is 0 Å². The van der Waals surface area contributed by atoms with Crippen molar-refractivity contribution in [1.29, 1.82) is 0 Å². The summed E-state index contributed by atoms with van der Waals surface area (Å²) in [6.07, 6.45) is 6.48. The molecule has 1 fully saturated rings. The Bertz CT molecular complexity index is 1160. The second-order valence-corrected chi connectivity index (χ2v) is 8.23. The fourth-order valence-electron chi connectivity index (χ4n) is 3.87. The minimum atomic E-state index is -0.121. The maximum Gasteiger partial charge on any atom is 0.236 e. The normalized spacial score (nSPS) is 14.4. The number of carbonyl (C=O) groups excluding carboxylic acids is 1. The fourth-order valence-corrected chi connectivity index (χ4v) is 4.61. The summed E-state index contributed by atoms with van der Waals surface area (Å²) < 4.78 is 3.77. The summed E-state index contributed by atoms with van der Waals surface area (Å²) >= 11 is 1.36. The van der Waals surface area contributed by atoms with Gasteiger partial charge in [0.15, 0.2) is 0 Å². The molecule has 5 rings (SSSR count). The zero-order valence-electron chi connectivity index (χ0n) is 16.3. The molecule has 9 heteroatoms. The number of hydrogen-bond acceptors (Lipinski definition) is 6. The van der Waals surface area contributed by atoms with Crippen LogP contribution in [0.2, 0.25) is 0 Å². The summed E-state index contributed by atoms with van der Waals surface area (Å²) in [5.41, 5.74) is 2.48. The molecule has 0 atom stereocenters. The van der Waals surface area contributed by atoms with E-state index in [9.17, 15) is 4.79 Å². The third kappa shape index (κ3) is 3.68. The molecule has 152 valence electrons. The monoisotopic (exact) mass is 419 g/mol. The van der Waals surface area contributed by atoms with Gasteiger partial charge in [0.1, 0.15) is 17.2 Å². The van der Waals surface area contributed by atoms with E-state index in [1.54, 1.807) is 0 Å². The van der Waals surface area contributed by atoms with Crippen molar-refractivity contribution in [2.75, 3.05) is 11.1 Å². The van der Waals surface area contributed by atoms with Crippen LogP contribution in [0.15, 0.2) is 59.9 Å². The number of anilines is 1. The summed E-state index contributed by atoms with van der Waals surface area (Å²) in [4.78, 5) is 17.5. The van der Waals surface area contributed by atoms with Crippen LogP contribution in [-0.4, -0.2) is 41.3 Å². The standard InChI is InChI=1S/C21H21N7OS/c29-18(14-30-21-24-25-26-28(21)16-10-4-5-11-16)23-20-19(15-8-2-1-3-9-15)22-17-12-6-7-13-27(17)20/h1-3,6-9,12-13,16H,4-5,10-11,14H2,(H,23,29). The maximum absolute atomic E-state index is 12.8. The lowest BCUT2D eigenvalue weighted by atomic mass is 10.1. The number of nitrogens with zero attached hydrogens (tertiary/aromatic N) is 6. The van der Waals surface area contributed by atoms with Crippen LogP contribution in [0.1, 0.15) is 31.7 Å². The zero-order valence-corrected chi connectivity index (χ0v) is 17.1. The molecule has 1 amide bonds. The Labute approximate surface area is 177 Å². The quantitative estimate of drug-likeness (QED) is 0.478. The molecule has 0 spiro atoms. The van der Waals surface area contributed by atoms with E-state index >= 15 is 0 Å². The molecule has 0 aliphatic heterocycles. The van der Waals surface area contributed by atoms with E-state index in [0.717, 1.165) is 29.7 Å². The van der Waals surface area contributed by atoms with Crippen molar-refractivity contribution in [3.05, 3.63) is 54.7 Å². The Balaban J connectivity index is 1.36. The number of imidazole rings is 1. The highest BCUT2D eigenvalue weighted by Gasteiger charge is 2.22. The van der Waals surface area contributed by atoms with Crippen LogP contribution in [0.3, 0.4) is 0 Å². The number of tetrazole rings is 1. The fraction of sp³-hybridized carbons (Fsp3) is 0.286. The summed E-state index contributed by atoms with van der Waals surface area (Å²) in [6, 6.07) is 16.0. The Morgan fingerprint density at radius 2 is 1.90 bits per heavy atom. The van der Waals surface area contributed by atoms with E-state index < -0.39 is 0 Å². The first-order valence-corrected chi connectivity index (χ1v) is 11.0. The van der Waals surface area contributed by atoms with Gasteiger partial charge in [-0.15, -0.1) is 5.10 Å². The number of thioether (sulfide) groups is 1. The van der Waals surface area contributed by atoms with E-state index in [0.29, 0.717) is 17.0 Å². The molecule has 3 heterocycles. The van der Waals surface area contributed by atoms with Crippen molar-refractivity contribution < 1.29 is 4.79 Å². The van der Waals surface area contributed by atoms with Gasteiger partial charge in [-0.1, -0.05) is 61.0 Å². The lowest BCUT2D eigenvalue weighted by Crippen LogP contribution is -2.17. The number of hydrogen-bond donors (Lipinski definition) is 1. The van der Waals surface area contributed by atoms with Gasteiger partial charge in [0, 0.05) is 11.8 Å². The molecular formula is C21H21N7OS. The minimum Gasteiger partial charge on any atom is -0.309 e. The average Bonchev–Trinajstić information content (AvgIpc) is 3.53. The highest BCUT2D eigenvalue weighted by Crippen LogP contribution is 2.32. The van der Waals surface area contributed by atoms with Crippen molar-refractivity contribution in [2.45, 2.75) is 36.9 Å². The molecule has 0 saturated heterocycles. The number of nitrogens with one attached hydrogen (secondary N) is 1. The topological polar surface area (TPSA) is 90.0 Å². The van der Waals surface area contributed by atoms with E-state index in [1.165, 1.54) is 24.6 Å². The van der Waals surface area contributed by atoms with Crippen molar-refractivity contribution in [2.24, 2.45) is 0 Å². The minimum absolute atomic E-state index is 0.121. The molecule has 1 aliphatic carbocycles. The van der Waals surface area contributed by atoms with Crippen molar-refractivity contribution in [3.8, 4) is 11.3 Å². The first-order valence-electron chi connectivity index (χ1n) is 10.0. The highest BCUT2D eigenvalue weighted by atomic mass is 32.2. The van der Waals surface area contributed by atoms with Crippen molar-refractivity contribution >= 4 is 29.1 Å². The molecule has 3 aromatic heterocycles. The molecule has 8 nitrogen and oxygen atoms in total. The van der Waals surface area contributed by atoms with Crippen molar-refractivity contribution in [3.63, 3.8) is 0 Å². The summed E-state index contributed by atoms with van der Waals surface area (Å²) in [7, 11) is 0. The summed E-state index contributed by atoms with van der Waals surface area (Å²) in [5.74, 6) is 0.767. The Morgan fingerprint density at radius 3 is 2.73 bits per heavy atom. The second kappa shape index (κ2) is 8.27. The molecule has 0 bridgehead atoms. The number of pyridine rings is 1. The summed E-state index contributed by atoms with van der Waals surface area (Å²) in [5, 5.41) is 15.8. The van der Waals surface area contributed by atoms with E-state index in [2.05, 4.69) is 20.8 Å². The lowest BCUT2D eigenvalue weighted by Gasteiger charge is -2.11. The molecular weight excluding hydrogens is 398 g/mol. The molecule has 1 N–H and O–H groups in total. The van der Waals surface area contributed by atoms with Crippen LogP contribution in [0.4, 0.5) is 5.82 Å². The van der Waals surface area contributed by atoms with Gasteiger partial charge in [0.05, 0.1) is 11.8 Å². The molecule has 4 aromatic rings. The van der Waals surface area contributed by atoms with Crippen LogP contribution in [0.5, 0.6) is 0 Å². The van der Waals surface area contributed by atoms with Gasteiger partial charge in [-0.3, -0.25) is 9.20 Å². The summed E-state index contributed by atoms with van der Waals surface area (Å²) in [6.45, 7) is 0. The Kier molecular flexibility index (Phi) is 5.18. The van der Waals surface area contributed by atoms with E-state index in [1.807, 2.05) is 63.8 Å². The molecule has 1 saturated carbocycles. The molecule has 30 heavy (non-hydrogen) atoms. The highest BCUT2D eigenvalue weighted by molar-refractivity contribution is 7.99. The average molecular weight is 420 g/mol. The Hall–Kier alpha value is -3.20.